The number of hydrogen-bond acceptors (Lipinski definition) is 3. The fourth-order valence-electron chi connectivity index (χ4n) is 2.07. The first-order valence-corrected chi connectivity index (χ1v) is 6.82. The number of benzene rings is 1. The van der Waals surface area contributed by atoms with Crippen LogP contribution in [0.5, 0.6) is 0 Å². The second-order valence-corrected chi connectivity index (χ2v) is 6.47. The summed E-state index contributed by atoms with van der Waals surface area (Å²) in [4.78, 5) is 11.2. The molecule has 0 saturated carbocycles. The van der Waals surface area contributed by atoms with Crippen LogP contribution in [-0.4, -0.2) is 29.4 Å². The lowest BCUT2D eigenvalue weighted by Gasteiger charge is -2.32. The highest BCUT2D eigenvalue weighted by Gasteiger charge is 2.51. The Morgan fingerprint density at radius 2 is 1.70 bits per heavy atom. The summed E-state index contributed by atoms with van der Waals surface area (Å²) in [5.74, 6) is -1.06. The molecule has 0 aromatic heterocycles. The van der Waals surface area contributed by atoms with E-state index in [1.807, 2.05) is 27.7 Å². The van der Waals surface area contributed by atoms with Gasteiger partial charge in [0.2, 0.25) is 0 Å². The van der Waals surface area contributed by atoms with Gasteiger partial charge in [-0.15, -0.1) is 0 Å². The van der Waals surface area contributed by atoms with E-state index in [0.29, 0.717) is 11.0 Å². The number of hydrogen-bond donors (Lipinski definition) is 1. The molecule has 0 aliphatic carbocycles. The summed E-state index contributed by atoms with van der Waals surface area (Å²) in [5, 5.41) is 9.44. The number of aryl methyl sites for hydroxylation is 1. The molecule has 2 rings (SSSR count). The zero-order valence-corrected chi connectivity index (χ0v) is 13.0. The van der Waals surface area contributed by atoms with Crippen LogP contribution in [0.3, 0.4) is 0 Å². The molecule has 0 unspecified atom stereocenters. The molecule has 1 aliphatic heterocycles. The Morgan fingerprint density at radius 1 is 1.20 bits per heavy atom. The maximum absolute atomic E-state index is 11.2. The van der Waals surface area contributed by atoms with E-state index in [-0.39, 0.29) is 10.6 Å². The van der Waals surface area contributed by atoms with Crippen molar-refractivity contribution in [2.75, 3.05) is 0 Å². The second-order valence-electron chi connectivity index (χ2n) is 6.09. The quantitative estimate of drug-likeness (QED) is 0.853. The molecule has 108 valence electrons. The molecule has 0 bridgehead atoms. The van der Waals surface area contributed by atoms with Gasteiger partial charge >= 0.3 is 13.1 Å². The normalized spacial score (nSPS) is 20.2. The molecular formula is C14H18BClO4. The van der Waals surface area contributed by atoms with E-state index < -0.39 is 24.3 Å². The molecule has 1 N–H and O–H groups in total. The number of halogens is 1. The van der Waals surface area contributed by atoms with Crippen LogP contribution in [0.2, 0.25) is 5.02 Å². The third-order valence-electron chi connectivity index (χ3n) is 4.03. The first-order chi connectivity index (χ1) is 9.05. The van der Waals surface area contributed by atoms with Crippen LogP contribution in [0.4, 0.5) is 0 Å². The van der Waals surface area contributed by atoms with E-state index >= 15 is 0 Å². The van der Waals surface area contributed by atoms with Crippen molar-refractivity contribution < 1.29 is 19.2 Å². The van der Waals surface area contributed by atoms with Crippen molar-refractivity contribution in [2.45, 2.75) is 45.8 Å². The zero-order chi connectivity index (χ0) is 15.3. The van der Waals surface area contributed by atoms with E-state index in [9.17, 15) is 9.90 Å². The van der Waals surface area contributed by atoms with Crippen molar-refractivity contribution in [2.24, 2.45) is 0 Å². The van der Waals surface area contributed by atoms with Gasteiger partial charge in [-0.25, -0.2) is 4.79 Å². The number of carboxylic acids is 1. The molecule has 6 heteroatoms. The SMILES string of the molecule is Cc1cc(B2OC(C)(C)C(C)(C)O2)cc(C(=O)O)c1Cl. The molecular weight excluding hydrogens is 278 g/mol. The highest BCUT2D eigenvalue weighted by Crippen LogP contribution is 2.36. The Morgan fingerprint density at radius 3 is 2.15 bits per heavy atom. The van der Waals surface area contributed by atoms with Crippen molar-refractivity contribution >= 4 is 30.2 Å². The summed E-state index contributed by atoms with van der Waals surface area (Å²) in [7, 11) is -0.589. The fraction of sp³-hybridized carbons (Fsp3) is 0.500. The first kappa shape index (κ1) is 15.4. The van der Waals surface area contributed by atoms with Gasteiger partial charge in [0.15, 0.2) is 0 Å². The predicted molar refractivity (Wildman–Crippen MR) is 78.9 cm³/mol. The van der Waals surface area contributed by atoms with Crippen LogP contribution in [0, 0.1) is 6.92 Å². The van der Waals surface area contributed by atoms with Crippen LogP contribution < -0.4 is 5.46 Å². The smallest absolute Gasteiger partial charge is 0.478 e. The minimum absolute atomic E-state index is 0.0661. The van der Waals surface area contributed by atoms with E-state index in [1.165, 1.54) is 6.07 Å². The van der Waals surface area contributed by atoms with Crippen molar-refractivity contribution in [3.8, 4) is 0 Å². The molecule has 4 nitrogen and oxygen atoms in total. The highest BCUT2D eigenvalue weighted by molar-refractivity contribution is 6.62. The summed E-state index contributed by atoms with van der Waals surface area (Å²) in [5.41, 5.74) is 0.499. The van der Waals surface area contributed by atoms with Gasteiger partial charge in [0.25, 0.3) is 0 Å². The molecule has 1 aliphatic rings. The maximum Gasteiger partial charge on any atom is 0.494 e. The summed E-state index contributed by atoms with van der Waals surface area (Å²) in [6, 6.07) is 3.32. The summed E-state index contributed by atoms with van der Waals surface area (Å²) >= 11 is 6.02. The standard InChI is InChI=1S/C14H18BClO4/c1-8-6-9(7-10(11(8)16)12(17)18)15-19-13(2,3)14(4,5)20-15/h6-7H,1-5H3,(H,17,18). The van der Waals surface area contributed by atoms with Crippen molar-refractivity contribution in [3.05, 3.63) is 28.3 Å². The van der Waals surface area contributed by atoms with Gasteiger partial charge in [0.1, 0.15) is 0 Å². The van der Waals surface area contributed by atoms with E-state index in [2.05, 4.69) is 0 Å². The molecule has 1 saturated heterocycles. The van der Waals surface area contributed by atoms with Gasteiger partial charge in [-0.05, 0) is 51.7 Å². The molecule has 0 spiro atoms. The molecule has 0 amide bonds. The molecule has 1 heterocycles. The number of carboxylic acid groups (broad SMARTS) is 1. The molecule has 0 atom stereocenters. The Kier molecular flexibility index (Phi) is 3.65. The summed E-state index contributed by atoms with van der Waals surface area (Å²) in [6.45, 7) is 9.58. The average molecular weight is 297 g/mol. The lowest BCUT2D eigenvalue weighted by atomic mass is 9.77. The van der Waals surface area contributed by atoms with Crippen LogP contribution in [0.25, 0.3) is 0 Å². The fourth-order valence-corrected chi connectivity index (χ4v) is 2.26. The summed E-state index contributed by atoms with van der Waals surface area (Å²) < 4.78 is 11.8. The lowest BCUT2D eigenvalue weighted by Crippen LogP contribution is -2.41. The molecule has 0 radical (unpaired) electrons. The van der Waals surface area contributed by atoms with Crippen molar-refractivity contribution in [1.82, 2.24) is 0 Å². The van der Waals surface area contributed by atoms with Gasteiger partial charge in [0.05, 0.1) is 21.8 Å². The molecule has 20 heavy (non-hydrogen) atoms. The average Bonchev–Trinajstić information content (AvgIpc) is 2.51. The third kappa shape index (κ3) is 2.46. The molecule has 1 fully saturated rings. The van der Waals surface area contributed by atoms with Gasteiger partial charge in [-0.3, -0.25) is 0 Å². The van der Waals surface area contributed by atoms with E-state index in [1.54, 1.807) is 13.0 Å². The topological polar surface area (TPSA) is 55.8 Å². The van der Waals surface area contributed by atoms with Crippen LogP contribution in [0.1, 0.15) is 43.6 Å². The Hall–Kier alpha value is -1.04. The van der Waals surface area contributed by atoms with Gasteiger partial charge in [-0.1, -0.05) is 17.7 Å². The van der Waals surface area contributed by atoms with Crippen LogP contribution >= 0.6 is 11.6 Å². The van der Waals surface area contributed by atoms with Gasteiger partial charge in [0, 0.05) is 0 Å². The Bertz CT molecular complexity index is 553. The number of rotatable bonds is 2. The predicted octanol–water partition coefficient (Wildman–Crippen LogP) is 2.65. The van der Waals surface area contributed by atoms with Crippen LogP contribution in [-0.2, 0) is 9.31 Å². The van der Waals surface area contributed by atoms with Crippen molar-refractivity contribution in [1.29, 1.82) is 0 Å². The maximum atomic E-state index is 11.2. The minimum Gasteiger partial charge on any atom is -0.478 e. The molecule has 1 aromatic carbocycles. The number of carbonyl (C=O) groups is 1. The molecule has 1 aromatic rings. The first-order valence-electron chi connectivity index (χ1n) is 6.44. The van der Waals surface area contributed by atoms with Crippen LogP contribution in [0.15, 0.2) is 12.1 Å². The Labute approximate surface area is 124 Å². The monoisotopic (exact) mass is 296 g/mol. The number of aromatic carboxylic acids is 1. The van der Waals surface area contributed by atoms with Gasteiger partial charge in [-0.2, -0.15) is 0 Å². The third-order valence-corrected chi connectivity index (χ3v) is 4.53. The zero-order valence-electron chi connectivity index (χ0n) is 12.3. The van der Waals surface area contributed by atoms with E-state index in [4.69, 9.17) is 20.9 Å². The van der Waals surface area contributed by atoms with Gasteiger partial charge < -0.3 is 14.4 Å². The lowest BCUT2D eigenvalue weighted by molar-refractivity contribution is 0.00578. The second kappa shape index (κ2) is 4.76. The summed E-state index contributed by atoms with van der Waals surface area (Å²) in [6.07, 6.45) is 0. The Balaban J connectivity index is 2.43. The van der Waals surface area contributed by atoms with E-state index in [0.717, 1.165) is 0 Å². The highest BCUT2D eigenvalue weighted by atomic mass is 35.5. The largest absolute Gasteiger partial charge is 0.494 e. The van der Waals surface area contributed by atoms with Crippen molar-refractivity contribution in [3.63, 3.8) is 0 Å². The minimum atomic E-state index is -1.06.